The topological polar surface area (TPSA) is 65.2 Å². The van der Waals surface area contributed by atoms with Crippen LogP contribution in [0.4, 0.5) is 8.78 Å². The lowest BCUT2D eigenvalue weighted by molar-refractivity contribution is -0.145. The monoisotopic (exact) mass is 282 g/mol. The number of benzene rings is 1. The summed E-state index contributed by atoms with van der Waals surface area (Å²) < 4.78 is 36.0. The molecule has 0 saturated heterocycles. The molecule has 1 aromatic carbocycles. The molecule has 0 saturated carbocycles. The molecule has 0 amide bonds. The minimum absolute atomic E-state index is 0.00884. The molecule has 0 radical (unpaired) electrons. The fraction of sp³-hybridized carbons (Fsp3) is 0.308. The smallest absolute Gasteiger partial charge is 0.318 e. The van der Waals surface area contributed by atoms with E-state index in [1.54, 1.807) is 13.8 Å². The van der Waals surface area contributed by atoms with Crippen molar-refractivity contribution in [3.05, 3.63) is 35.7 Å². The Balaban J connectivity index is 2.26. The highest BCUT2D eigenvalue weighted by Crippen LogP contribution is 2.22. The van der Waals surface area contributed by atoms with Gasteiger partial charge < -0.3 is 9.26 Å². The number of hydrogen-bond donors (Lipinski definition) is 0. The predicted molar refractivity (Wildman–Crippen MR) is 64.7 cm³/mol. The Kier molecular flexibility index (Phi) is 4.07. The van der Waals surface area contributed by atoms with Crippen molar-refractivity contribution < 1.29 is 22.8 Å². The molecule has 2 rings (SSSR count). The summed E-state index contributed by atoms with van der Waals surface area (Å²) in [4.78, 5) is 15.5. The van der Waals surface area contributed by atoms with Gasteiger partial charge in [0.25, 0.3) is 0 Å². The van der Waals surface area contributed by atoms with Gasteiger partial charge in [0.2, 0.25) is 11.7 Å². The fourth-order valence-corrected chi connectivity index (χ4v) is 1.58. The lowest BCUT2D eigenvalue weighted by atomic mass is 10.2. The van der Waals surface area contributed by atoms with Gasteiger partial charge in [-0.2, -0.15) is 4.98 Å². The van der Waals surface area contributed by atoms with Crippen molar-refractivity contribution in [1.82, 2.24) is 10.1 Å². The molecule has 1 atom stereocenters. The number of hydrogen-bond acceptors (Lipinski definition) is 5. The zero-order valence-electron chi connectivity index (χ0n) is 10.9. The van der Waals surface area contributed by atoms with Crippen LogP contribution in [-0.2, 0) is 9.53 Å². The van der Waals surface area contributed by atoms with Crippen LogP contribution in [0.15, 0.2) is 22.7 Å². The highest BCUT2D eigenvalue weighted by Gasteiger charge is 2.23. The van der Waals surface area contributed by atoms with Crippen LogP contribution in [-0.4, -0.2) is 22.7 Å². The van der Waals surface area contributed by atoms with Crippen molar-refractivity contribution in [2.24, 2.45) is 0 Å². The van der Waals surface area contributed by atoms with Gasteiger partial charge in [-0.05, 0) is 26.0 Å². The molecule has 20 heavy (non-hydrogen) atoms. The second kappa shape index (κ2) is 5.77. The Hall–Kier alpha value is -2.31. The first-order chi connectivity index (χ1) is 9.51. The largest absolute Gasteiger partial charge is 0.465 e. The number of rotatable bonds is 4. The number of carbonyl (C=O) groups is 1. The third kappa shape index (κ3) is 2.98. The molecule has 0 aliphatic rings. The average molecular weight is 282 g/mol. The van der Waals surface area contributed by atoms with Crippen LogP contribution in [0.1, 0.15) is 25.7 Å². The lowest BCUT2D eigenvalue weighted by Crippen LogP contribution is -2.13. The summed E-state index contributed by atoms with van der Waals surface area (Å²) in [5.41, 5.74) is 0.133. The van der Waals surface area contributed by atoms with E-state index in [-0.39, 0.29) is 23.9 Å². The number of halogens is 2. The van der Waals surface area contributed by atoms with Gasteiger partial charge in [-0.15, -0.1) is 0 Å². The average Bonchev–Trinajstić information content (AvgIpc) is 2.86. The second-order valence-electron chi connectivity index (χ2n) is 4.09. The zero-order chi connectivity index (χ0) is 14.7. The number of nitrogens with zero attached hydrogens (tertiary/aromatic N) is 2. The molecule has 7 heteroatoms. The second-order valence-corrected chi connectivity index (χ2v) is 4.09. The maximum absolute atomic E-state index is 13.1. The molecule has 106 valence electrons. The standard InChI is InChI=1S/C13H12F2N2O3/c1-3-19-13(18)7(2)12-16-11(17-20-12)8-4-9(14)6-10(15)5-8/h4-7H,3H2,1-2H3. The quantitative estimate of drug-likeness (QED) is 0.807. The summed E-state index contributed by atoms with van der Waals surface area (Å²) in [7, 11) is 0. The fourth-order valence-electron chi connectivity index (χ4n) is 1.58. The number of ether oxygens (including phenoxy) is 1. The van der Waals surface area contributed by atoms with E-state index in [1.165, 1.54) is 0 Å². The van der Waals surface area contributed by atoms with E-state index in [0.29, 0.717) is 0 Å². The third-order valence-electron chi connectivity index (χ3n) is 2.57. The first-order valence-corrected chi connectivity index (χ1v) is 5.98. The summed E-state index contributed by atoms with van der Waals surface area (Å²) in [5.74, 6) is -2.70. The SMILES string of the molecule is CCOC(=O)C(C)c1nc(-c2cc(F)cc(F)c2)no1. The van der Waals surface area contributed by atoms with Crippen LogP contribution in [0.3, 0.4) is 0 Å². The van der Waals surface area contributed by atoms with Crippen LogP contribution in [0.5, 0.6) is 0 Å². The van der Waals surface area contributed by atoms with Gasteiger partial charge in [-0.25, -0.2) is 8.78 Å². The van der Waals surface area contributed by atoms with Gasteiger partial charge >= 0.3 is 5.97 Å². The van der Waals surface area contributed by atoms with Crippen LogP contribution in [0.25, 0.3) is 11.4 Å². The van der Waals surface area contributed by atoms with E-state index in [4.69, 9.17) is 9.26 Å². The Labute approximate surface area is 113 Å². The van der Waals surface area contributed by atoms with Gasteiger partial charge in [0, 0.05) is 11.6 Å². The molecular weight excluding hydrogens is 270 g/mol. The van der Waals surface area contributed by atoms with Gasteiger partial charge in [0.05, 0.1) is 6.61 Å². The van der Waals surface area contributed by atoms with Crippen molar-refractivity contribution in [3.8, 4) is 11.4 Å². The lowest BCUT2D eigenvalue weighted by Gasteiger charge is -2.04. The Morgan fingerprint density at radius 3 is 2.60 bits per heavy atom. The predicted octanol–water partition coefficient (Wildman–Crippen LogP) is 2.68. The number of aromatic nitrogens is 2. The molecule has 1 heterocycles. The highest BCUT2D eigenvalue weighted by atomic mass is 19.1. The van der Waals surface area contributed by atoms with E-state index in [1.807, 2.05) is 0 Å². The van der Waals surface area contributed by atoms with Crippen molar-refractivity contribution in [3.63, 3.8) is 0 Å². The molecule has 2 aromatic rings. The van der Waals surface area contributed by atoms with Crippen LogP contribution >= 0.6 is 0 Å². The molecule has 0 spiro atoms. The summed E-state index contributed by atoms with van der Waals surface area (Å²) in [5, 5.41) is 3.61. The minimum atomic E-state index is -0.746. The highest BCUT2D eigenvalue weighted by molar-refractivity contribution is 5.76. The van der Waals surface area contributed by atoms with E-state index in [2.05, 4.69) is 10.1 Å². The third-order valence-corrected chi connectivity index (χ3v) is 2.57. The molecule has 0 aliphatic heterocycles. The Bertz CT molecular complexity index is 608. The molecule has 1 aromatic heterocycles. The van der Waals surface area contributed by atoms with Crippen LogP contribution in [0, 0.1) is 11.6 Å². The molecule has 1 unspecified atom stereocenters. The van der Waals surface area contributed by atoms with Gasteiger partial charge in [-0.3, -0.25) is 4.79 Å². The van der Waals surface area contributed by atoms with Gasteiger partial charge in [0.15, 0.2) is 0 Å². The summed E-state index contributed by atoms with van der Waals surface area (Å²) in [6.45, 7) is 3.46. The number of carbonyl (C=O) groups excluding carboxylic acids is 1. The van der Waals surface area contributed by atoms with Crippen molar-refractivity contribution in [2.75, 3.05) is 6.61 Å². The Morgan fingerprint density at radius 1 is 1.35 bits per heavy atom. The van der Waals surface area contributed by atoms with E-state index in [0.717, 1.165) is 18.2 Å². The van der Waals surface area contributed by atoms with Crippen molar-refractivity contribution >= 4 is 5.97 Å². The zero-order valence-corrected chi connectivity index (χ0v) is 10.9. The van der Waals surface area contributed by atoms with Crippen molar-refractivity contribution in [1.29, 1.82) is 0 Å². The van der Waals surface area contributed by atoms with Crippen molar-refractivity contribution in [2.45, 2.75) is 19.8 Å². The molecule has 0 aliphatic carbocycles. The summed E-state index contributed by atoms with van der Waals surface area (Å²) in [6.07, 6.45) is 0. The summed E-state index contributed by atoms with van der Waals surface area (Å²) >= 11 is 0. The van der Waals surface area contributed by atoms with E-state index < -0.39 is 23.5 Å². The Morgan fingerprint density at radius 2 is 2.00 bits per heavy atom. The van der Waals surface area contributed by atoms with E-state index >= 15 is 0 Å². The molecular formula is C13H12F2N2O3. The van der Waals surface area contributed by atoms with Crippen LogP contribution < -0.4 is 0 Å². The molecule has 0 fully saturated rings. The van der Waals surface area contributed by atoms with Crippen LogP contribution in [0.2, 0.25) is 0 Å². The van der Waals surface area contributed by atoms with E-state index in [9.17, 15) is 13.6 Å². The number of esters is 1. The first-order valence-electron chi connectivity index (χ1n) is 5.98. The minimum Gasteiger partial charge on any atom is -0.465 e. The van der Waals surface area contributed by atoms with Gasteiger partial charge in [0.1, 0.15) is 17.6 Å². The van der Waals surface area contributed by atoms with Gasteiger partial charge in [-0.1, -0.05) is 5.16 Å². The maximum Gasteiger partial charge on any atom is 0.318 e. The normalized spacial score (nSPS) is 12.2. The summed E-state index contributed by atoms with van der Waals surface area (Å²) in [6, 6.07) is 2.89. The maximum atomic E-state index is 13.1. The first kappa shape index (κ1) is 14.1. The molecule has 5 nitrogen and oxygen atoms in total. The molecule has 0 bridgehead atoms. The molecule has 0 N–H and O–H groups in total.